The summed E-state index contributed by atoms with van der Waals surface area (Å²) in [5.74, 6) is 0. The molecule has 0 amide bonds. The topological polar surface area (TPSA) is 25.2 Å². The lowest BCUT2D eigenvalue weighted by Crippen LogP contribution is -2.02. The largest absolute Gasteiger partial charge is 0.392 e. The zero-order chi connectivity index (χ0) is 12.4. The lowest BCUT2D eigenvalue weighted by Gasteiger charge is -2.12. The summed E-state index contributed by atoms with van der Waals surface area (Å²) in [5, 5.41) is 9.05. The Kier molecular flexibility index (Phi) is 3.34. The molecule has 0 bridgehead atoms. The molecule has 0 fully saturated rings. The van der Waals surface area contributed by atoms with Crippen LogP contribution in [0.3, 0.4) is 0 Å². The van der Waals surface area contributed by atoms with Crippen LogP contribution in [0.5, 0.6) is 0 Å². The van der Waals surface area contributed by atoms with Crippen LogP contribution in [0.2, 0.25) is 0 Å². The van der Waals surface area contributed by atoms with E-state index in [2.05, 4.69) is 37.5 Å². The number of aromatic nitrogens is 1. The first-order valence-electron chi connectivity index (χ1n) is 5.92. The van der Waals surface area contributed by atoms with Crippen LogP contribution in [-0.4, -0.2) is 9.67 Å². The highest BCUT2D eigenvalue weighted by Crippen LogP contribution is 2.18. The smallest absolute Gasteiger partial charge is 0.0696 e. The number of aryl methyl sites for hydroxylation is 3. The van der Waals surface area contributed by atoms with E-state index in [1.807, 2.05) is 18.5 Å². The molecule has 1 aromatic carbocycles. The minimum absolute atomic E-state index is 0.110. The van der Waals surface area contributed by atoms with Crippen molar-refractivity contribution >= 4 is 0 Å². The Bertz CT molecular complexity index is 502. The molecule has 0 aliphatic rings. The van der Waals surface area contributed by atoms with Gasteiger partial charge in [0, 0.05) is 18.9 Å². The van der Waals surface area contributed by atoms with Crippen molar-refractivity contribution in [3.05, 3.63) is 58.4 Å². The SMILES string of the molecule is Cc1cc(C)c(Cn2ccc(CO)c2)c(C)c1. The van der Waals surface area contributed by atoms with Crippen LogP contribution < -0.4 is 0 Å². The maximum Gasteiger partial charge on any atom is 0.0696 e. The molecule has 0 atom stereocenters. The first-order chi connectivity index (χ1) is 8.10. The average molecular weight is 229 g/mol. The maximum atomic E-state index is 9.05. The Morgan fingerprint density at radius 1 is 1.12 bits per heavy atom. The standard InChI is InChI=1S/C15H19NO/c1-11-6-12(2)15(13(3)7-11)9-16-5-4-14(8-16)10-17/h4-8,17H,9-10H2,1-3H3. The van der Waals surface area contributed by atoms with Crippen LogP contribution in [0.1, 0.15) is 27.8 Å². The molecule has 0 radical (unpaired) electrons. The van der Waals surface area contributed by atoms with Crippen molar-refractivity contribution in [2.45, 2.75) is 33.9 Å². The molecule has 1 heterocycles. The lowest BCUT2D eigenvalue weighted by molar-refractivity contribution is 0.282. The first-order valence-corrected chi connectivity index (χ1v) is 5.92. The summed E-state index contributed by atoms with van der Waals surface area (Å²) in [6, 6.07) is 6.40. The van der Waals surface area contributed by atoms with E-state index in [4.69, 9.17) is 5.11 Å². The van der Waals surface area contributed by atoms with Gasteiger partial charge in [-0.05, 0) is 49.1 Å². The molecule has 1 N–H and O–H groups in total. The average Bonchev–Trinajstić information content (AvgIpc) is 2.71. The lowest BCUT2D eigenvalue weighted by atomic mass is 10.00. The Labute approximate surface area is 103 Å². The summed E-state index contributed by atoms with van der Waals surface area (Å²) < 4.78 is 2.12. The van der Waals surface area contributed by atoms with Crippen LogP contribution in [0, 0.1) is 20.8 Å². The van der Waals surface area contributed by atoms with E-state index < -0.39 is 0 Å². The third-order valence-electron chi connectivity index (χ3n) is 3.18. The molecular formula is C15H19NO. The van der Waals surface area contributed by atoms with Crippen LogP contribution in [0.25, 0.3) is 0 Å². The normalized spacial score (nSPS) is 10.8. The van der Waals surface area contributed by atoms with Crippen molar-refractivity contribution in [1.82, 2.24) is 4.57 Å². The van der Waals surface area contributed by atoms with E-state index in [9.17, 15) is 0 Å². The number of aliphatic hydroxyl groups is 1. The van der Waals surface area contributed by atoms with Crippen molar-refractivity contribution in [2.75, 3.05) is 0 Å². The van der Waals surface area contributed by atoms with Gasteiger partial charge in [0.05, 0.1) is 6.61 Å². The number of benzene rings is 1. The van der Waals surface area contributed by atoms with Crippen LogP contribution in [0.15, 0.2) is 30.6 Å². The molecule has 17 heavy (non-hydrogen) atoms. The van der Waals surface area contributed by atoms with E-state index in [1.165, 1.54) is 22.3 Å². The molecule has 90 valence electrons. The van der Waals surface area contributed by atoms with Gasteiger partial charge >= 0.3 is 0 Å². The molecule has 1 aromatic heterocycles. The first kappa shape index (κ1) is 11.9. The van der Waals surface area contributed by atoms with Crippen molar-refractivity contribution < 1.29 is 5.11 Å². The van der Waals surface area contributed by atoms with Crippen LogP contribution in [-0.2, 0) is 13.2 Å². The third-order valence-corrected chi connectivity index (χ3v) is 3.18. The van der Waals surface area contributed by atoms with Gasteiger partial charge in [0.2, 0.25) is 0 Å². The molecule has 0 spiro atoms. The van der Waals surface area contributed by atoms with Crippen LogP contribution >= 0.6 is 0 Å². The number of nitrogens with zero attached hydrogens (tertiary/aromatic N) is 1. The molecule has 0 aliphatic carbocycles. The summed E-state index contributed by atoms with van der Waals surface area (Å²) in [4.78, 5) is 0. The fourth-order valence-corrected chi connectivity index (χ4v) is 2.32. The highest BCUT2D eigenvalue weighted by molar-refractivity contribution is 5.37. The molecule has 0 unspecified atom stereocenters. The van der Waals surface area contributed by atoms with E-state index in [1.54, 1.807) is 0 Å². The third kappa shape index (κ3) is 2.59. The predicted molar refractivity (Wildman–Crippen MR) is 70.1 cm³/mol. The van der Waals surface area contributed by atoms with E-state index in [-0.39, 0.29) is 6.61 Å². The summed E-state index contributed by atoms with van der Waals surface area (Å²) in [6.45, 7) is 7.43. The molecule has 0 saturated heterocycles. The molecule has 0 aliphatic heterocycles. The van der Waals surface area contributed by atoms with Gasteiger partial charge in [-0.25, -0.2) is 0 Å². The Morgan fingerprint density at radius 2 is 1.76 bits per heavy atom. The molecule has 2 aromatic rings. The van der Waals surface area contributed by atoms with E-state index >= 15 is 0 Å². The zero-order valence-corrected chi connectivity index (χ0v) is 10.7. The molecular weight excluding hydrogens is 210 g/mol. The summed E-state index contributed by atoms with van der Waals surface area (Å²) in [7, 11) is 0. The zero-order valence-electron chi connectivity index (χ0n) is 10.7. The van der Waals surface area contributed by atoms with E-state index in [0.29, 0.717) is 0 Å². The van der Waals surface area contributed by atoms with Crippen molar-refractivity contribution in [2.24, 2.45) is 0 Å². The van der Waals surface area contributed by atoms with E-state index in [0.717, 1.165) is 12.1 Å². The van der Waals surface area contributed by atoms with Gasteiger partial charge < -0.3 is 9.67 Å². The second-order valence-corrected chi connectivity index (χ2v) is 4.73. The van der Waals surface area contributed by atoms with Gasteiger partial charge in [0.1, 0.15) is 0 Å². The minimum Gasteiger partial charge on any atom is -0.392 e. The Morgan fingerprint density at radius 3 is 2.29 bits per heavy atom. The summed E-state index contributed by atoms with van der Waals surface area (Å²) in [6.07, 6.45) is 4.02. The van der Waals surface area contributed by atoms with Gasteiger partial charge in [0.25, 0.3) is 0 Å². The molecule has 2 heteroatoms. The predicted octanol–water partition coefficient (Wildman–Crippen LogP) is 2.95. The number of rotatable bonds is 3. The number of aliphatic hydroxyl groups excluding tert-OH is 1. The molecule has 0 saturated carbocycles. The van der Waals surface area contributed by atoms with Crippen molar-refractivity contribution in [3.63, 3.8) is 0 Å². The van der Waals surface area contributed by atoms with Gasteiger partial charge in [-0.15, -0.1) is 0 Å². The Balaban J connectivity index is 2.29. The van der Waals surface area contributed by atoms with Crippen molar-refractivity contribution in [3.8, 4) is 0 Å². The Hall–Kier alpha value is -1.54. The quantitative estimate of drug-likeness (QED) is 0.860. The number of hydrogen-bond donors (Lipinski definition) is 1. The van der Waals surface area contributed by atoms with Gasteiger partial charge in [-0.2, -0.15) is 0 Å². The fourth-order valence-electron chi connectivity index (χ4n) is 2.32. The van der Waals surface area contributed by atoms with Crippen LogP contribution in [0.4, 0.5) is 0 Å². The monoisotopic (exact) mass is 229 g/mol. The second-order valence-electron chi connectivity index (χ2n) is 4.73. The molecule has 2 rings (SSSR count). The second kappa shape index (κ2) is 4.76. The van der Waals surface area contributed by atoms with Gasteiger partial charge in [-0.1, -0.05) is 17.7 Å². The minimum atomic E-state index is 0.110. The fraction of sp³-hybridized carbons (Fsp3) is 0.333. The summed E-state index contributed by atoms with van der Waals surface area (Å²) in [5.41, 5.74) is 6.32. The van der Waals surface area contributed by atoms with Crippen molar-refractivity contribution in [1.29, 1.82) is 0 Å². The highest BCUT2D eigenvalue weighted by Gasteiger charge is 2.05. The maximum absolute atomic E-state index is 9.05. The highest BCUT2D eigenvalue weighted by atomic mass is 16.3. The molecule has 2 nitrogen and oxygen atoms in total. The number of hydrogen-bond acceptors (Lipinski definition) is 1. The summed E-state index contributed by atoms with van der Waals surface area (Å²) >= 11 is 0. The van der Waals surface area contributed by atoms with Gasteiger partial charge in [-0.3, -0.25) is 0 Å². The van der Waals surface area contributed by atoms with Gasteiger partial charge in [0.15, 0.2) is 0 Å².